The minimum absolute atomic E-state index is 0.0968. The summed E-state index contributed by atoms with van der Waals surface area (Å²) in [6, 6.07) is 0.425. The monoisotopic (exact) mass is 232 g/mol. The minimum atomic E-state index is -2.81. The lowest BCUT2D eigenvalue weighted by molar-refractivity contribution is 0.0132. The summed E-state index contributed by atoms with van der Waals surface area (Å²) in [5, 5.41) is 5.61. The van der Waals surface area contributed by atoms with Crippen LogP contribution in [0.1, 0.15) is 30.5 Å². The molecule has 1 aliphatic heterocycles. The van der Waals surface area contributed by atoms with E-state index in [0.717, 1.165) is 31.3 Å². The number of thiazole rings is 1. The van der Waals surface area contributed by atoms with Crippen LogP contribution in [-0.2, 0) is 12.3 Å². The molecule has 5 heteroatoms. The lowest BCUT2D eigenvalue weighted by atomic mass is 10.2. The molecule has 0 aromatic carbocycles. The molecular weight excluding hydrogens is 218 g/mol. The zero-order chi connectivity index (χ0) is 10.9. The first-order chi connectivity index (χ1) is 7.05. The molecule has 1 fully saturated rings. The quantitative estimate of drug-likeness (QED) is 0.866. The number of hydrogen-bond donors (Lipinski definition) is 1. The molecule has 15 heavy (non-hydrogen) atoms. The van der Waals surface area contributed by atoms with Gasteiger partial charge in [0.25, 0.3) is 5.92 Å². The fourth-order valence-corrected chi connectivity index (χ4v) is 2.70. The van der Waals surface area contributed by atoms with Gasteiger partial charge < -0.3 is 5.32 Å². The maximum absolute atomic E-state index is 12.9. The van der Waals surface area contributed by atoms with Gasteiger partial charge >= 0.3 is 0 Å². The van der Waals surface area contributed by atoms with Crippen LogP contribution in [0.3, 0.4) is 0 Å². The largest absolute Gasteiger partial charge is 0.314 e. The van der Waals surface area contributed by atoms with E-state index >= 15 is 0 Å². The first-order valence-electron chi connectivity index (χ1n) is 5.12. The van der Waals surface area contributed by atoms with Crippen LogP contribution in [0.2, 0.25) is 0 Å². The first kappa shape index (κ1) is 11.0. The Kier molecular flexibility index (Phi) is 3.02. The predicted molar refractivity (Wildman–Crippen MR) is 56.4 cm³/mol. The van der Waals surface area contributed by atoms with Gasteiger partial charge in [0.2, 0.25) is 0 Å². The van der Waals surface area contributed by atoms with E-state index in [2.05, 4.69) is 10.3 Å². The highest BCUT2D eigenvalue weighted by Crippen LogP contribution is 2.28. The van der Waals surface area contributed by atoms with Crippen molar-refractivity contribution in [2.75, 3.05) is 6.54 Å². The van der Waals surface area contributed by atoms with Gasteiger partial charge in [0, 0.05) is 24.8 Å². The molecule has 1 aliphatic rings. The van der Waals surface area contributed by atoms with Gasteiger partial charge in [-0.15, -0.1) is 11.3 Å². The highest BCUT2D eigenvalue weighted by molar-refractivity contribution is 7.09. The molecular formula is C10H14F2N2S. The summed E-state index contributed by atoms with van der Waals surface area (Å²) in [4.78, 5) is 3.97. The van der Waals surface area contributed by atoms with Gasteiger partial charge in [-0.05, 0) is 19.4 Å². The highest BCUT2D eigenvalue weighted by atomic mass is 32.1. The summed E-state index contributed by atoms with van der Waals surface area (Å²) >= 11 is 1.33. The second kappa shape index (κ2) is 4.14. The van der Waals surface area contributed by atoms with E-state index in [4.69, 9.17) is 0 Å². The molecule has 1 N–H and O–H groups in total. The van der Waals surface area contributed by atoms with Crippen molar-refractivity contribution >= 4 is 11.3 Å². The summed E-state index contributed by atoms with van der Waals surface area (Å²) in [7, 11) is 0. The lowest BCUT2D eigenvalue weighted by Gasteiger charge is -2.07. The second-order valence-corrected chi connectivity index (χ2v) is 4.95. The molecule has 2 rings (SSSR count). The fraction of sp³-hybridized carbons (Fsp3) is 0.700. The van der Waals surface area contributed by atoms with Crippen molar-refractivity contribution in [3.8, 4) is 0 Å². The third kappa shape index (κ3) is 2.72. The van der Waals surface area contributed by atoms with E-state index < -0.39 is 5.92 Å². The summed E-state index contributed by atoms with van der Waals surface area (Å²) in [6.45, 7) is 1.92. The van der Waals surface area contributed by atoms with Crippen LogP contribution in [0.5, 0.6) is 0 Å². The Morgan fingerprint density at radius 3 is 3.00 bits per heavy atom. The highest BCUT2D eigenvalue weighted by Gasteiger charge is 2.28. The van der Waals surface area contributed by atoms with Crippen molar-refractivity contribution in [2.24, 2.45) is 0 Å². The van der Waals surface area contributed by atoms with Gasteiger partial charge in [0.15, 0.2) is 0 Å². The van der Waals surface area contributed by atoms with Crippen LogP contribution >= 0.6 is 11.3 Å². The van der Waals surface area contributed by atoms with E-state index in [-0.39, 0.29) is 5.69 Å². The number of nitrogens with zero attached hydrogens (tertiary/aromatic N) is 1. The predicted octanol–water partition coefficient (Wildman–Crippen LogP) is 2.55. The summed E-state index contributed by atoms with van der Waals surface area (Å²) in [5.41, 5.74) is -0.0968. The van der Waals surface area contributed by atoms with Crippen molar-refractivity contribution in [3.05, 3.63) is 16.1 Å². The molecule has 84 valence electrons. The zero-order valence-electron chi connectivity index (χ0n) is 8.59. The van der Waals surface area contributed by atoms with Gasteiger partial charge in [-0.1, -0.05) is 0 Å². The molecule has 0 spiro atoms. The molecule has 1 aromatic rings. The number of alkyl halides is 2. The smallest absolute Gasteiger partial charge is 0.287 e. The number of aromatic nitrogens is 1. The van der Waals surface area contributed by atoms with Gasteiger partial charge in [0.1, 0.15) is 5.69 Å². The molecule has 1 atom stereocenters. The molecule has 1 unspecified atom stereocenters. The second-order valence-electron chi connectivity index (χ2n) is 4.01. The van der Waals surface area contributed by atoms with Crippen LogP contribution in [0.15, 0.2) is 5.38 Å². The van der Waals surface area contributed by atoms with Crippen LogP contribution in [0.25, 0.3) is 0 Å². The topological polar surface area (TPSA) is 24.9 Å². The summed E-state index contributed by atoms with van der Waals surface area (Å²) in [6.07, 6.45) is 3.07. The molecule has 0 saturated carbocycles. The van der Waals surface area contributed by atoms with Gasteiger partial charge in [-0.3, -0.25) is 0 Å². The third-order valence-corrected chi connectivity index (χ3v) is 3.46. The molecule has 0 radical (unpaired) electrons. The number of nitrogens with one attached hydrogen (secondary N) is 1. The number of hydrogen-bond acceptors (Lipinski definition) is 3. The molecule has 0 bridgehead atoms. The van der Waals surface area contributed by atoms with Crippen molar-refractivity contribution in [1.82, 2.24) is 10.3 Å². The number of rotatable bonds is 3. The van der Waals surface area contributed by atoms with Crippen LogP contribution in [0, 0.1) is 0 Å². The Bertz CT molecular complexity index is 326. The maximum atomic E-state index is 12.9. The van der Waals surface area contributed by atoms with E-state index in [9.17, 15) is 8.78 Å². The summed E-state index contributed by atoms with van der Waals surface area (Å²) < 4.78 is 25.8. The molecule has 1 saturated heterocycles. The molecule has 2 heterocycles. The van der Waals surface area contributed by atoms with E-state index in [0.29, 0.717) is 6.04 Å². The van der Waals surface area contributed by atoms with Gasteiger partial charge in [0.05, 0.1) is 5.01 Å². The van der Waals surface area contributed by atoms with Gasteiger partial charge in [-0.25, -0.2) is 4.98 Å². The van der Waals surface area contributed by atoms with Crippen molar-refractivity contribution in [3.63, 3.8) is 0 Å². The molecule has 1 aromatic heterocycles. The van der Waals surface area contributed by atoms with Crippen molar-refractivity contribution in [1.29, 1.82) is 0 Å². The van der Waals surface area contributed by atoms with E-state index in [1.807, 2.05) is 0 Å². The van der Waals surface area contributed by atoms with Crippen LogP contribution in [-0.4, -0.2) is 17.6 Å². The normalized spacial score (nSPS) is 22.2. The standard InChI is InChI=1S/C10H14F2N2S/c1-10(11,12)8-6-15-9(14-8)5-7-3-2-4-13-7/h6-7,13H,2-5H2,1H3. The lowest BCUT2D eigenvalue weighted by Crippen LogP contribution is -2.23. The van der Waals surface area contributed by atoms with Crippen LogP contribution in [0.4, 0.5) is 8.78 Å². The van der Waals surface area contributed by atoms with Crippen LogP contribution < -0.4 is 5.32 Å². The Morgan fingerprint density at radius 1 is 1.67 bits per heavy atom. The fourth-order valence-electron chi connectivity index (χ4n) is 1.75. The van der Waals surface area contributed by atoms with Gasteiger partial charge in [-0.2, -0.15) is 8.78 Å². The molecule has 0 amide bonds. The first-order valence-corrected chi connectivity index (χ1v) is 6.00. The van der Waals surface area contributed by atoms with E-state index in [1.54, 1.807) is 0 Å². The number of halogens is 2. The Morgan fingerprint density at radius 2 is 2.47 bits per heavy atom. The van der Waals surface area contributed by atoms with E-state index in [1.165, 1.54) is 23.1 Å². The Balaban J connectivity index is 2.00. The average molecular weight is 232 g/mol. The molecule has 0 aliphatic carbocycles. The zero-order valence-corrected chi connectivity index (χ0v) is 9.41. The third-order valence-electron chi connectivity index (χ3n) is 2.58. The Hall–Kier alpha value is -0.550. The SMILES string of the molecule is CC(F)(F)c1csc(CC2CCCN2)n1. The Labute approximate surface area is 91.7 Å². The summed E-state index contributed by atoms with van der Waals surface area (Å²) in [5.74, 6) is -2.81. The average Bonchev–Trinajstić information content (AvgIpc) is 2.73. The maximum Gasteiger partial charge on any atom is 0.287 e. The minimum Gasteiger partial charge on any atom is -0.314 e. The molecule has 2 nitrogen and oxygen atoms in total. The van der Waals surface area contributed by atoms with Crippen molar-refractivity contribution in [2.45, 2.75) is 38.2 Å². The van der Waals surface area contributed by atoms with Crippen molar-refractivity contribution < 1.29 is 8.78 Å².